The Morgan fingerprint density at radius 2 is 1.96 bits per heavy atom. The van der Waals surface area contributed by atoms with Crippen LogP contribution in [0.3, 0.4) is 0 Å². The molecule has 0 saturated carbocycles. The lowest BCUT2D eigenvalue weighted by Gasteiger charge is -2.32. The second-order valence-corrected chi connectivity index (χ2v) is 6.97. The van der Waals surface area contributed by atoms with E-state index in [0.29, 0.717) is 24.4 Å². The Morgan fingerprint density at radius 1 is 1.29 bits per heavy atom. The lowest BCUT2D eigenvalue weighted by Crippen LogP contribution is -2.52. The highest BCUT2D eigenvalue weighted by Crippen LogP contribution is 2.29. The molecule has 150 valence electrons. The molecule has 8 heteroatoms. The third kappa shape index (κ3) is 4.51. The van der Waals surface area contributed by atoms with Crippen molar-refractivity contribution in [3.63, 3.8) is 0 Å². The number of piperidine rings is 1. The number of nitrogens with two attached hydrogens (primary N) is 1. The van der Waals surface area contributed by atoms with Crippen molar-refractivity contribution in [1.29, 1.82) is 0 Å². The van der Waals surface area contributed by atoms with E-state index in [1.54, 1.807) is 4.90 Å². The molecule has 0 aliphatic carbocycles. The van der Waals surface area contributed by atoms with Crippen LogP contribution >= 0.6 is 24.0 Å². The Morgan fingerprint density at radius 3 is 2.61 bits per heavy atom. The molecule has 1 heterocycles. The Bertz CT molecular complexity index is 872. The molecule has 3 rings (SSSR count). The monoisotopic (exact) mass is 423 g/mol. The van der Waals surface area contributed by atoms with Gasteiger partial charge in [0, 0.05) is 18.3 Å². The molecular weight excluding hydrogens is 401 g/mol. The fourth-order valence-corrected chi connectivity index (χ4v) is 3.31. The summed E-state index contributed by atoms with van der Waals surface area (Å²) in [6.45, 7) is 2.63. The van der Waals surface area contributed by atoms with Crippen LogP contribution in [0.15, 0.2) is 36.4 Å². The molecule has 0 aromatic heterocycles. The van der Waals surface area contributed by atoms with Crippen LogP contribution in [0.1, 0.15) is 28.8 Å². The highest BCUT2D eigenvalue weighted by Gasteiger charge is 2.31. The Labute approximate surface area is 175 Å². The molecule has 0 spiro atoms. The summed E-state index contributed by atoms with van der Waals surface area (Å²) < 4.78 is 5.23. The molecule has 2 aromatic carbocycles. The summed E-state index contributed by atoms with van der Waals surface area (Å²) in [6, 6.07) is 10.1. The molecule has 0 bridgehead atoms. The number of benzene rings is 2. The van der Waals surface area contributed by atoms with Crippen LogP contribution in [0.4, 0.5) is 11.4 Å². The zero-order valence-corrected chi connectivity index (χ0v) is 17.3. The first kappa shape index (κ1) is 21.9. The fourth-order valence-electron chi connectivity index (χ4n) is 3.14. The number of nitrogen functional groups attached to an aromatic ring is 1. The SMILES string of the molecule is COc1cc(N)c(Cl)cc1C(=O)NC1CCCN(c2ccc(C)cc2)C1=O.Cl. The van der Waals surface area contributed by atoms with Gasteiger partial charge in [-0.15, -0.1) is 12.4 Å². The maximum atomic E-state index is 12.9. The summed E-state index contributed by atoms with van der Waals surface area (Å²) in [4.78, 5) is 27.3. The Balaban J connectivity index is 0.00000280. The van der Waals surface area contributed by atoms with Gasteiger partial charge in [-0.3, -0.25) is 9.59 Å². The van der Waals surface area contributed by atoms with Gasteiger partial charge >= 0.3 is 0 Å². The van der Waals surface area contributed by atoms with Crippen LogP contribution in [0.5, 0.6) is 5.75 Å². The van der Waals surface area contributed by atoms with E-state index < -0.39 is 11.9 Å². The number of rotatable bonds is 4. The van der Waals surface area contributed by atoms with E-state index in [1.807, 2.05) is 31.2 Å². The maximum absolute atomic E-state index is 12.9. The van der Waals surface area contributed by atoms with E-state index in [1.165, 1.54) is 19.2 Å². The standard InChI is InChI=1S/C20H22ClN3O3.ClH/c1-12-5-7-13(8-6-12)24-9-3-4-17(20(24)26)23-19(25)14-10-15(21)16(22)11-18(14)27-2;/h5-8,10-11,17H,3-4,9,22H2,1-2H3,(H,23,25);1H. The van der Waals surface area contributed by atoms with Gasteiger partial charge < -0.3 is 20.7 Å². The van der Waals surface area contributed by atoms with Crippen LogP contribution in [0.25, 0.3) is 0 Å². The topological polar surface area (TPSA) is 84.7 Å². The minimum Gasteiger partial charge on any atom is -0.496 e. The van der Waals surface area contributed by atoms with Gasteiger partial charge in [-0.1, -0.05) is 29.3 Å². The summed E-state index contributed by atoms with van der Waals surface area (Å²) in [6.07, 6.45) is 1.38. The Hall–Kier alpha value is -2.44. The average molecular weight is 424 g/mol. The van der Waals surface area contributed by atoms with Crippen molar-refractivity contribution in [2.45, 2.75) is 25.8 Å². The number of hydrogen-bond donors (Lipinski definition) is 2. The molecule has 2 aromatic rings. The largest absolute Gasteiger partial charge is 0.496 e. The average Bonchev–Trinajstić information content (AvgIpc) is 2.66. The van der Waals surface area contributed by atoms with Gasteiger partial charge in [0.25, 0.3) is 5.91 Å². The zero-order valence-electron chi connectivity index (χ0n) is 15.7. The number of nitrogens with zero attached hydrogens (tertiary/aromatic N) is 1. The summed E-state index contributed by atoms with van der Waals surface area (Å²) >= 11 is 6.04. The van der Waals surface area contributed by atoms with Crippen molar-refractivity contribution >= 4 is 47.2 Å². The van der Waals surface area contributed by atoms with Gasteiger partial charge in [0.05, 0.1) is 23.4 Å². The number of anilines is 2. The zero-order chi connectivity index (χ0) is 19.6. The minimum absolute atomic E-state index is 0. The van der Waals surface area contributed by atoms with Crippen molar-refractivity contribution in [3.05, 3.63) is 52.5 Å². The highest BCUT2D eigenvalue weighted by molar-refractivity contribution is 6.33. The lowest BCUT2D eigenvalue weighted by atomic mass is 10.0. The van der Waals surface area contributed by atoms with Crippen LogP contribution < -0.4 is 20.7 Å². The first-order valence-electron chi connectivity index (χ1n) is 8.72. The van der Waals surface area contributed by atoms with Crippen LogP contribution in [0, 0.1) is 6.92 Å². The predicted molar refractivity (Wildman–Crippen MR) is 114 cm³/mol. The maximum Gasteiger partial charge on any atom is 0.255 e. The normalized spacial score (nSPS) is 16.3. The van der Waals surface area contributed by atoms with Gasteiger partial charge in [0.1, 0.15) is 11.8 Å². The highest BCUT2D eigenvalue weighted by atomic mass is 35.5. The molecule has 1 unspecified atom stereocenters. The smallest absolute Gasteiger partial charge is 0.255 e. The third-order valence-electron chi connectivity index (χ3n) is 4.65. The molecule has 28 heavy (non-hydrogen) atoms. The first-order valence-corrected chi connectivity index (χ1v) is 9.10. The van der Waals surface area contributed by atoms with Gasteiger partial charge in [-0.2, -0.15) is 0 Å². The number of amides is 2. The molecular formula is C20H23Cl2N3O3. The fraction of sp³-hybridized carbons (Fsp3) is 0.300. The number of nitrogens with one attached hydrogen (secondary N) is 1. The minimum atomic E-state index is -0.603. The molecule has 1 atom stereocenters. The molecule has 3 N–H and O–H groups in total. The number of carbonyl (C=O) groups is 2. The van der Waals surface area contributed by atoms with Gasteiger partial charge in [-0.05, 0) is 38.0 Å². The summed E-state index contributed by atoms with van der Waals surface area (Å²) in [5.74, 6) is -0.232. The molecule has 2 amide bonds. The van der Waals surface area contributed by atoms with Crippen molar-refractivity contribution in [3.8, 4) is 5.75 Å². The van der Waals surface area contributed by atoms with Gasteiger partial charge in [0.15, 0.2) is 0 Å². The van der Waals surface area contributed by atoms with E-state index >= 15 is 0 Å². The molecule has 1 saturated heterocycles. The number of hydrogen-bond acceptors (Lipinski definition) is 4. The van der Waals surface area contributed by atoms with Crippen LogP contribution in [-0.2, 0) is 4.79 Å². The third-order valence-corrected chi connectivity index (χ3v) is 4.98. The molecule has 1 aliphatic heterocycles. The predicted octanol–water partition coefficient (Wildman–Crippen LogP) is 3.59. The number of halogens is 2. The molecule has 6 nitrogen and oxygen atoms in total. The second-order valence-electron chi connectivity index (χ2n) is 6.57. The quantitative estimate of drug-likeness (QED) is 0.735. The second kappa shape index (κ2) is 9.17. The van der Waals surface area contributed by atoms with Crippen molar-refractivity contribution < 1.29 is 14.3 Å². The van der Waals surface area contributed by atoms with E-state index in [0.717, 1.165) is 17.7 Å². The first-order chi connectivity index (χ1) is 12.9. The van der Waals surface area contributed by atoms with Crippen LogP contribution in [0.2, 0.25) is 5.02 Å². The molecule has 1 fully saturated rings. The van der Waals surface area contributed by atoms with Crippen molar-refractivity contribution in [2.24, 2.45) is 0 Å². The van der Waals surface area contributed by atoms with Crippen molar-refractivity contribution in [1.82, 2.24) is 5.32 Å². The van der Waals surface area contributed by atoms with Crippen LogP contribution in [-0.4, -0.2) is 31.5 Å². The Kier molecular flexibility index (Phi) is 7.16. The number of methoxy groups -OCH3 is 1. The van der Waals surface area contributed by atoms with Gasteiger partial charge in [0.2, 0.25) is 5.91 Å². The molecule has 0 radical (unpaired) electrons. The van der Waals surface area contributed by atoms with E-state index in [4.69, 9.17) is 22.1 Å². The summed E-state index contributed by atoms with van der Waals surface area (Å²) in [5, 5.41) is 3.07. The molecule has 1 aliphatic rings. The number of aryl methyl sites for hydroxylation is 1. The van der Waals surface area contributed by atoms with Crippen molar-refractivity contribution in [2.75, 3.05) is 24.3 Å². The van der Waals surface area contributed by atoms with E-state index in [2.05, 4.69) is 5.32 Å². The van der Waals surface area contributed by atoms with E-state index in [-0.39, 0.29) is 28.9 Å². The number of carbonyl (C=O) groups excluding carboxylic acids is 2. The lowest BCUT2D eigenvalue weighted by molar-refractivity contribution is -0.121. The number of ether oxygens (including phenoxy) is 1. The van der Waals surface area contributed by atoms with E-state index in [9.17, 15) is 9.59 Å². The van der Waals surface area contributed by atoms with Gasteiger partial charge in [-0.25, -0.2) is 0 Å². The summed E-state index contributed by atoms with van der Waals surface area (Å²) in [7, 11) is 1.45. The summed E-state index contributed by atoms with van der Waals surface area (Å²) in [5.41, 5.74) is 8.29.